The predicted octanol–water partition coefficient (Wildman–Crippen LogP) is 5.80. The molecule has 1 saturated carbocycles. The lowest BCUT2D eigenvalue weighted by Crippen LogP contribution is -2.04. The zero-order valence-corrected chi connectivity index (χ0v) is 13.5. The number of ketones is 1. The third-order valence-corrected chi connectivity index (χ3v) is 4.70. The van der Waals surface area contributed by atoms with Gasteiger partial charge < -0.3 is 0 Å². The van der Waals surface area contributed by atoms with Crippen molar-refractivity contribution >= 4 is 11.4 Å². The van der Waals surface area contributed by atoms with Crippen LogP contribution in [0.2, 0.25) is 0 Å². The van der Waals surface area contributed by atoms with Crippen LogP contribution in [0, 0.1) is 5.92 Å². The van der Waals surface area contributed by atoms with Crippen molar-refractivity contribution in [3.63, 3.8) is 0 Å². The number of unbranched alkanes of at least 4 members (excludes halogenated alkanes) is 4. The molecule has 0 N–H and O–H groups in total. The van der Waals surface area contributed by atoms with Gasteiger partial charge in [0, 0.05) is 12.0 Å². The Bertz CT molecular complexity index is 484. The van der Waals surface area contributed by atoms with Crippen molar-refractivity contribution in [2.24, 2.45) is 5.92 Å². The van der Waals surface area contributed by atoms with Gasteiger partial charge >= 0.3 is 0 Å². The Hall–Kier alpha value is -1.37. The minimum atomic E-state index is 0.384. The highest BCUT2D eigenvalue weighted by Crippen LogP contribution is 2.37. The van der Waals surface area contributed by atoms with Gasteiger partial charge in [-0.25, -0.2) is 0 Å². The van der Waals surface area contributed by atoms with Gasteiger partial charge in [-0.2, -0.15) is 0 Å². The van der Waals surface area contributed by atoms with E-state index in [4.69, 9.17) is 0 Å². The number of hydrogen-bond acceptors (Lipinski definition) is 1. The van der Waals surface area contributed by atoms with Crippen LogP contribution in [0.25, 0.3) is 5.57 Å². The molecule has 0 amide bonds. The molecule has 0 spiro atoms. The Morgan fingerprint density at radius 1 is 1.10 bits per heavy atom. The van der Waals surface area contributed by atoms with Gasteiger partial charge in [0.1, 0.15) is 0 Å². The number of hydrogen-bond donors (Lipinski definition) is 0. The molecule has 2 rings (SSSR count). The topological polar surface area (TPSA) is 17.1 Å². The maximum atomic E-state index is 12.3. The Labute approximate surface area is 129 Å². The molecule has 1 fully saturated rings. The first kappa shape index (κ1) is 16.0. The summed E-state index contributed by atoms with van der Waals surface area (Å²) in [5.74, 6) is 0.884. The molecule has 0 aliphatic heterocycles. The van der Waals surface area contributed by atoms with Crippen molar-refractivity contribution in [1.29, 1.82) is 0 Å². The summed E-state index contributed by atoms with van der Waals surface area (Å²) in [6, 6.07) is 10.4. The minimum absolute atomic E-state index is 0.384. The minimum Gasteiger partial charge on any atom is -0.295 e. The van der Waals surface area contributed by atoms with Gasteiger partial charge in [-0.15, -0.1) is 0 Å². The Balaban J connectivity index is 2.03. The summed E-state index contributed by atoms with van der Waals surface area (Å²) in [6.45, 7) is 4.37. The summed E-state index contributed by atoms with van der Waals surface area (Å²) in [5.41, 5.74) is 3.53. The zero-order valence-electron chi connectivity index (χ0n) is 13.5. The number of rotatable bonds is 7. The van der Waals surface area contributed by atoms with E-state index in [1.165, 1.54) is 49.7 Å². The van der Waals surface area contributed by atoms with E-state index in [0.29, 0.717) is 11.7 Å². The average Bonchev–Trinajstić information content (AvgIpc) is 2.88. The van der Waals surface area contributed by atoms with E-state index in [0.717, 1.165) is 18.4 Å². The molecule has 1 nitrogen and oxygen atoms in total. The number of Topliss-reactive ketones (excluding diaryl/α,β-unsaturated/α-hetero) is 1. The van der Waals surface area contributed by atoms with E-state index in [9.17, 15) is 4.79 Å². The highest BCUT2D eigenvalue weighted by atomic mass is 16.1. The maximum Gasteiger partial charge on any atom is 0.159 e. The van der Waals surface area contributed by atoms with Crippen molar-refractivity contribution in [2.75, 3.05) is 0 Å². The van der Waals surface area contributed by atoms with Crippen LogP contribution in [0.15, 0.2) is 35.9 Å². The Kier molecular flexibility index (Phi) is 6.22. The van der Waals surface area contributed by atoms with E-state index in [-0.39, 0.29) is 0 Å². The van der Waals surface area contributed by atoms with E-state index < -0.39 is 0 Å². The molecule has 1 unspecified atom stereocenters. The standard InChI is InChI=1S/C20H28O/c1-3-4-5-6-8-13-18-14-15-19(21)20(18)16(2)17-11-9-7-10-12-17/h7,9-12,18H,3-6,8,13-15H2,1-2H3/b20-16+. The Morgan fingerprint density at radius 3 is 2.52 bits per heavy atom. The fourth-order valence-corrected chi connectivity index (χ4v) is 3.45. The summed E-state index contributed by atoms with van der Waals surface area (Å²) in [7, 11) is 0. The van der Waals surface area contributed by atoms with Crippen molar-refractivity contribution in [2.45, 2.75) is 65.2 Å². The van der Waals surface area contributed by atoms with E-state index in [2.05, 4.69) is 38.1 Å². The van der Waals surface area contributed by atoms with Gasteiger partial charge in [-0.3, -0.25) is 4.79 Å². The Morgan fingerprint density at radius 2 is 1.81 bits per heavy atom. The first-order valence-electron chi connectivity index (χ1n) is 8.53. The van der Waals surface area contributed by atoms with Gasteiger partial charge in [0.15, 0.2) is 5.78 Å². The van der Waals surface area contributed by atoms with Crippen LogP contribution >= 0.6 is 0 Å². The highest BCUT2D eigenvalue weighted by Gasteiger charge is 2.29. The van der Waals surface area contributed by atoms with Gasteiger partial charge in [0.05, 0.1) is 0 Å². The molecule has 1 heteroatoms. The molecule has 0 bridgehead atoms. The molecule has 1 aliphatic rings. The molecule has 1 atom stereocenters. The summed E-state index contributed by atoms with van der Waals surface area (Å²) in [5, 5.41) is 0. The third kappa shape index (κ3) is 4.30. The van der Waals surface area contributed by atoms with Crippen LogP contribution in [-0.4, -0.2) is 5.78 Å². The monoisotopic (exact) mass is 284 g/mol. The van der Waals surface area contributed by atoms with Gasteiger partial charge in [0.25, 0.3) is 0 Å². The molecule has 0 saturated heterocycles. The van der Waals surface area contributed by atoms with Crippen LogP contribution in [0.1, 0.15) is 70.8 Å². The smallest absolute Gasteiger partial charge is 0.159 e. The predicted molar refractivity (Wildman–Crippen MR) is 90.1 cm³/mol. The second-order valence-corrected chi connectivity index (χ2v) is 6.27. The molecule has 0 radical (unpaired) electrons. The fourth-order valence-electron chi connectivity index (χ4n) is 3.45. The second kappa shape index (κ2) is 8.17. The fraction of sp³-hybridized carbons (Fsp3) is 0.550. The van der Waals surface area contributed by atoms with E-state index in [1.54, 1.807) is 0 Å². The molecule has 21 heavy (non-hydrogen) atoms. The summed E-state index contributed by atoms with van der Waals surface area (Å²) < 4.78 is 0. The molecular formula is C20H28O. The zero-order chi connectivity index (χ0) is 15.1. The van der Waals surface area contributed by atoms with E-state index in [1.807, 2.05) is 6.07 Å². The largest absolute Gasteiger partial charge is 0.295 e. The van der Waals surface area contributed by atoms with Gasteiger partial charge in [-0.05, 0) is 36.8 Å². The van der Waals surface area contributed by atoms with Crippen LogP contribution < -0.4 is 0 Å². The number of benzene rings is 1. The molecule has 1 aromatic rings. The lowest BCUT2D eigenvalue weighted by Gasteiger charge is -2.14. The molecular weight excluding hydrogens is 256 g/mol. The van der Waals surface area contributed by atoms with Crippen LogP contribution in [0.5, 0.6) is 0 Å². The molecule has 1 aromatic carbocycles. The molecule has 0 aromatic heterocycles. The maximum absolute atomic E-state index is 12.3. The second-order valence-electron chi connectivity index (χ2n) is 6.27. The van der Waals surface area contributed by atoms with Crippen LogP contribution in [-0.2, 0) is 4.79 Å². The first-order chi connectivity index (χ1) is 10.2. The number of allylic oxidation sites excluding steroid dienone is 2. The number of carbonyl (C=O) groups is 1. The highest BCUT2D eigenvalue weighted by molar-refractivity contribution is 6.04. The van der Waals surface area contributed by atoms with Gasteiger partial charge in [-0.1, -0.05) is 69.4 Å². The van der Waals surface area contributed by atoms with Crippen molar-refractivity contribution < 1.29 is 4.79 Å². The lowest BCUT2D eigenvalue weighted by atomic mass is 9.89. The van der Waals surface area contributed by atoms with Crippen molar-refractivity contribution in [1.82, 2.24) is 0 Å². The third-order valence-electron chi connectivity index (χ3n) is 4.70. The molecule has 0 heterocycles. The summed E-state index contributed by atoms with van der Waals surface area (Å²) >= 11 is 0. The normalized spacial score (nSPS) is 20.9. The number of carbonyl (C=O) groups excluding carboxylic acids is 1. The van der Waals surface area contributed by atoms with Crippen molar-refractivity contribution in [3.8, 4) is 0 Å². The SMILES string of the molecule is CCCCCCCC1CCC(=O)/C1=C(\C)c1ccccc1. The van der Waals surface area contributed by atoms with Crippen LogP contribution in [0.4, 0.5) is 0 Å². The first-order valence-corrected chi connectivity index (χ1v) is 8.53. The van der Waals surface area contributed by atoms with Gasteiger partial charge in [0.2, 0.25) is 0 Å². The molecule has 114 valence electrons. The van der Waals surface area contributed by atoms with Crippen LogP contribution in [0.3, 0.4) is 0 Å². The average molecular weight is 284 g/mol. The summed E-state index contributed by atoms with van der Waals surface area (Å²) in [4.78, 5) is 12.3. The lowest BCUT2D eigenvalue weighted by molar-refractivity contribution is -0.114. The summed E-state index contributed by atoms with van der Waals surface area (Å²) in [6.07, 6.45) is 9.56. The molecule has 1 aliphatic carbocycles. The quantitative estimate of drug-likeness (QED) is 0.457. The van der Waals surface area contributed by atoms with Crippen molar-refractivity contribution in [3.05, 3.63) is 41.5 Å². The van der Waals surface area contributed by atoms with E-state index >= 15 is 0 Å².